The number of benzene rings is 2. The maximum Gasteiger partial charge on any atom is 0.326 e. The summed E-state index contributed by atoms with van der Waals surface area (Å²) in [6.45, 7) is 1.33. The number of H-pyrrole nitrogens is 1. The van der Waals surface area contributed by atoms with Gasteiger partial charge in [0, 0.05) is 18.0 Å². The van der Waals surface area contributed by atoms with E-state index in [1.807, 2.05) is 53.1 Å². The zero-order valence-electron chi connectivity index (χ0n) is 12.1. The predicted octanol–water partition coefficient (Wildman–Crippen LogP) is 3.03. The molecule has 5 heteroatoms. The Morgan fingerprint density at radius 2 is 2.00 bits per heavy atom. The molecule has 2 N–H and O–H groups in total. The van der Waals surface area contributed by atoms with Crippen LogP contribution in [-0.2, 0) is 4.74 Å². The van der Waals surface area contributed by atoms with Crippen LogP contribution >= 0.6 is 0 Å². The van der Waals surface area contributed by atoms with Gasteiger partial charge in [0.2, 0.25) is 0 Å². The van der Waals surface area contributed by atoms with E-state index in [9.17, 15) is 4.79 Å². The zero-order chi connectivity index (χ0) is 14.9. The lowest BCUT2D eigenvalue weighted by atomic mass is 10.2. The van der Waals surface area contributed by atoms with E-state index in [1.54, 1.807) is 0 Å². The Bertz CT molecular complexity index is 845. The summed E-state index contributed by atoms with van der Waals surface area (Å²) in [6, 6.07) is 16.0. The third-order valence-electron chi connectivity index (χ3n) is 4.05. The first-order valence-corrected chi connectivity index (χ1v) is 7.45. The molecule has 0 aliphatic carbocycles. The molecule has 1 aromatic heterocycles. The zero-order valence-corrected chi connectivity index (χ0v) is 12.1. The molecule has 2 aromatic carbocycles. The normalized spacial score (nSPS) is 17.9. The number of imidazole rings is 1. The molecule has 1 saturated heterocycles. The molecule has 112 valence electrons. The molecule has 1 aliphatic heterocycles. The van der Waals surface area contributed by atoms with Crippen molar-refractivity contribution >= 4 is 22.4 Å². The summed E-state index contributed by atoms with van der Waals surface area (Å²) < 4.78 is 7.22. The van der Waals surface area contributed by atoms with E-state index in [0.29, 0.717) is 6.61 Å². The SMILES string of the molecule is O=c1[nH]c2cc(Nc3ccccc3)ccc2n1C1CCOC1. The van der Waals surface area contributed by atoms with Gasteiger partial charge in [-0.2, -0.15) is 0 Å². The highest BCUT2D eigenvalue weighted by Gasteiger charge is 2.21. The van der Waals surface area contributed by atoms with Crippen LogP contribution in [0.2, 0.25) is 0 Å². The first kappa shape index (κ1) is 13.2. The number of hydrogen-bond acceptors (Lipinski definition) is 3. The molecule has 0 bridgehead atoms. The van der Waals surface area contributed by atoms with Crippen molar-refractivity contribution in [1.82, 2.24) is 9.55 Å². The largest absolute Gasteiger partial charge is 0.379 e. The molecule has 22 heavy (non-hydrogen) atoms. The molecular formula is C17H17N3O2. The average molecular weight is 295 g/mol. The van der Waals surface area contributed by atoms with Crippen LogP contribution in [0.4, 0.5) is 11.4 Å². The van der Waals surface area contributed by atoms with E-state index >= 15 is 0 Å². The van der Waals surface area contributed by atoms with Gasteiger partial charge in [-0.1, -0.05) is 18.2 Å². The molecule has 0 spiro atoms. The van der Waals surface area contributed by atoms with Gasteiger partial charge in [0.1, 0.15) is 0 Å². The van der Waals surface area contributed by atoms with Crippen LogP contribution in [0.5, 0.6) is 0 Å². The molecule has 1 unspecified atom stereocenters. The minimum Gasteiger partial charge on any atom is -0.379 e. The smallest absolute Gasteiger partial charge is 0.326 e. The number of nitrogens with zero attached hydrogens (tertiary/aromatic N) is 1. The van der Waals surface area contributed by atoms with Crippen molar-refractivity contribution in [3.05, 3.63) is 59.0 Å². The lowest BCUT2D eigenvalue weighted by Gasteiger charge is -2.10. The van der Waals surface area contributed by atoms with E-state index in [0.717, 1.165) is 35.4 Å². The van der Waals surface area contributed by atoms with Crippen molar-refractivity contribution in [3.63, 3.8) is 0 Å². The molecule has 3 aromatic rings. The third-order valence-corrected chi connectivity index (χ3v) is 4.05. The van der Waals surface area contributed by atoms with Gasteiger partial charge in [0.25, 0.3) is 0 Å². The van der Waals surface area contributed by atoms with Crippen molar-refractivity contribution in [2.75, 3.05) is 18.5 Å². The van der Waals surface area contributed by atoms with Crippen LogP contribution in [-0.4, -0.2) is 22.8 Å². The summed E-state index contributed by atoms with van der Waals surface area (Å²) in [4.78, 5) is 15.2. The summed E-state index contributed by atoms with van der Waals surface area (Å²) in [5.41, 5.74) is 3.68. The fourth-order valence-corrected chi connectivity index (χ4v) is 2.99. The maximum atomic E-state index is 12.2. The molecule has 1 aliphatic rings. The summed E-state index contributed by atoms with van der Waals surface area (Å²) in [5.74, 6) is 0. The second-order valence-electron chi connectivity index (χ2n) is 5.54. The lowest BCUT2D eigenvalue weighted by molar-refractivity contribution is 0.186. The van der Waals surface area contributed by atoms with Crippen molar-refractivity contribution in [1.29, 1.82) is 0 Å². The second kappa shape index (κ2) is 5.35. The van der Waals surface area contributed by atoms with Crippen LogP contribution in [0.1, 0.15) is 12.5 Å². The molecular weight excluding hydrogens is 278 g/mol. The number of nitrogens with one attached hydrogen (secondary N) is 2. The number of aromatic nitrogens is 2. The first-order valence-electron chi connectivity index (χ1n) is 7.45. The second-order valence-corrected chi connectivity index (χ2v) is 5.54. The Morgan fingerprint density at radius 1 is 1.14 bits per heavy atom. The van der Waals surface area contributed by atoms with Crippen molar-refractivity contribution in [2.24, 2.45) is 0 Å². The molecule has 2 heterocycles. The maximum absolute atomic E-state index is 12.2. The van der Waals surface area contributed by atoms with Crippen LogP contribution in [0.25, 0.3) is 11.0 Å². The standard InChI is InChI=1S/C17H17N3O2/c21-17-19-15-10-13(18-12-4-2-1-3-5-12)6-7-16(15)20(17)14-8-9-22-11-14/h1-7,10,14,18H,8-9,11H2,(H,19,21). The third kappa shape index (κ3) is 2.29. The van der Waals surface area contributed by atoms with Gasteiger partial charge in [0.15, 0.2) is 0 Å². The van der Waals surface area contributed by atoms with Gasteiger partial charge in [-0.05, 0) is 36.8 Å². The Hall–Kier alpha value is -2.53. The van der Waals surface area contributed by atoms with E-state index in [1.165, 1.54) is 0 Å². The van der Waals surface area contributed by atoms with Crippen LogP contribution < -0.4 is 11.0 Å². The van der Waals surface area contributed by atoms with Gasteiger partial charge >= 0.3 is 5.69 Å². The number of hydrogen-bond donors (Lipinski definition) is 2. The van der Waals surface area contributed by atoms with Crippen molar-refractivity contribution in [2.45, 2.75) is 12.5 Å². The van der Waals surface area contributed by atoms with E-state index in [4.69, 9.17) is 4.74 Å². The van der Waals surface area contributed by atoms with Crippen LogP contribution in [0.15, 0.2) is 53.3 Å². The molecule has 1 fully saturated rings. The van der Waals surface area contributed by atoms with Crippen LogP contribution in [0.3, 0.4) is 0 Å². The summed E-state index contributed by atoms with van der Waals surface area (Å²) >= 11 is 0. The average Bonchev–Trinajstić information content (AvgIpc) is 3.14. The fourth-order valence-electron chi connectivity index (χ4n) is 2.99. The van der Waals surface area contributed by atoms with Crippen molar-refractivity contribution in [3.8, 4) is 0 Å². The quantitative estimate of drug-likeness (QED) is 0.781. The predicted molar refractivity (Wildman–Crippen MR) is 86.8 cm³/mol. The number of rotatable bonds is 3. The molecule has 0 amide bonds. The minimum absolute atomic E-state index is 0.0673. The van der Waals surface area contributed by atoms with Crippen LogP contribution in [0, 0.1) is 0 Å². The van der Waals surface area contributed by atoms with Gasteiger partial charge < -0.3 is 15.0 Å². The highest BCUT2D eigenvalue weighted by atomic mass is 16.5. The molecule has 5 nitrogen and oxygen atoms in total. The monoisotopic (exact) mass is 295 g/mol. The number of ether oxygens (including phenoxy) is 1. The highest BCUT2D eigenvalue weighted by molar-refractivity contribution is 5.81. The molecule has 0 saturated carbocycles. The fraction of sp³-hybridized carbons (Fsp3) is 0.235. The Kier molecular flexibility index (Phi) is 3.20. The molecule has 1 atom stereocenters. The Balaban J connectivity index is 1.71. The summed E-state index contributed by atoms with van der Waals surface area (Å²) in [6.07, 6.45) is 0.886. The Labute approximate surface area is 127 Å². The van der Waals surface area contributed by atoms with E-state index in [2.05, 4.69) is 10.3 Å². The summed E-state index contributed by atoms with van der Waals surface area (Å²) in [7, 11) is 0. The number of aromatic amines is 1. The van der Waals surface area contributed by atoms with E-state index < -0.39 is 0 Å². The molecule has 4 rings (SSSR count). The minimum atomic E-state index is -0.0673. The number of anilines is 2. The Morgan fingerprint density at radius 3 is 2.77 bits per heavy atom. The van der Waals surface area contributed by atoms with Gasteiger partial charge in [-0.15, -0.1) is 0 Å². The first-order chi connectivity index (χ1) is 10.8. The lowest BCUT2D eigenvalue weighted by Crippen LogP contribution is -2.22. The number of fused-ring (bicyclic) bond motifs is 1. The van der Waals surface area contributed by atoms with Gasteiger partial charge in [-0.3, -0.25) is 4.57 Å². The highest BCUT2D eigenvalue weighted by Crippen LogP contribution is 2.25. The van der Waals surface area contributed by atoms with Gasteiger partial charge in [0.05, 0.1) is 23.7 Å². The molecule has 0 radical (unpaired) electrons. The number of para-hydroxylation sites is 1. The van der Waals surface area contributed by atoms with Gasteiger partial charge in [-0.25, -0.2) is 4.79 Å². The summed E-state index contributed by atoms with van der Waals surface area (Å²) in [5, 5.41) is 3.34. The van der Waals surface area contributed by atoms with Crippen molar-refractivity contribution < 1.29 is 4.74 Å². The topological polar surface area (TPSA) is 59.0 Å². The van der Waals surface area contributed by atoms with E-state index in [-0.39, 0.29) is 11.7 Å².